The van der Waals surface area contributed by atoms with E-state index in [1.54, 1.807) is 6.92 Å². The number of hydrogen-bond acceptors (Lipinski definition) is 5. The van der Waals surface area contributed by atoms with E-state index < -0.39 is 30.9 Å². The minimum atomic E-state index is -0.786. The first-order valence-corrected chi connectivity index (χ1v) is 7.77. The zero-order valence-corrected chi connectivity index (χ0v) is 14.5. The Balaban J connectivity index is 1.79. The standard InChI is InChI=1S/C16H13Cl2FN2O4/c1-9-12(17)6-13(18)16(20-9)21-14(22)7-25-15(23)8-24-11-4-2-3-10(19)5-11/h2-6H,7-8H2,1H3,(H,20,21,22). The highest BCUT2D eigenvalue weighted by Crippen LogP contribution is 2.25. The molecule has 0 spiro atoms. The van der Waals surface area contributed by atoms with E-state index in [2.05, 4.69) is 10.3 Å². The number of aryl methyl sites for hydroxylation is 1. The number of carbonyl (C=O) groups excluding carboxylic acids is 2. The van der Waals surface area contributed by atoms with Crippen LogP contribution in [0.15, 0.2) is 30.3 Å². The van der Waals surface area contributed by atoms with E-state index in [4.69, 9.17) is 32.7 Å². The molecule has 132 valence electrons. The van der Waals surface area contributed by atoms with Crippen LogP contribution in [0.3, 0.4) is 0 Å². The lowest BCUT2D eigenvalue weighted by atomic mass is 10.3. The molecule has 0 aliphatic heterocycles. The van der Waals surface area contributed by atoms with Gasteiger partial charge in [-0.05, 0) is 25.1 Å². The molecule has 0 aliphatic rings. The van der Waals surface area contributed by atoms with Gasteiger partial charge >= 0.3 is 5.97 Å². The van der Waals surface area contributed by atoms with Crippen LogP contribution in [0.2, 0.25) is 10.0 Å². The van der Waals surface area contributed by atoms with Crippen LogP contribution in [-0.4, -0.2) is 30.1 Å². The Labute approximate surface area is 152 Å². The number of ether oxygens (including phenoxy) is 2. The lowest BCUT2D eigenvalue weighted by Crippen LogP contribution is -2.24. The minimum absolute atomic E-state index is 0.112. The number of benzene rings is 1. The monoisotopic (exact) mass is 386 g/mol. The summed E-state index contributed by atoms with van der Waals surface area (Å²) < 4.78 is 22.8. The molecule has 1 N–H and O–H groups in total. The maximum absolute atomic E-state index is 13.0. The molecule has 2 rings (SSSR count). The average Bonchev–Trinajstić information content (AvgIpc) is 2.56. The van der Waals surface area contributed by atoms with Crippen LogP contribution in [0.5, 0.6) is 5.75 Å². The fourth-order valence-electron chi connectivity index (χ4n) is 1.70. The van der Waals surface area contributed by atoms with Crippen LogP contribution >= 0.6 is 23.2 Å². The minimum Gasteiger partial charge on any atom is -0.482 e. The first-order chi connectivity index (χ1) is 11.8. The number of amides is 1. The number of nitrogens with zero attached hydrogens (tertiary/aromatic N) is 1. The Bertz CT molecular complexity index is 802. The molecule has 2 aromatic rings. The van der Waals surface area contributed by atoms with Crippen LogP contribution in [0.4, 0.5) is 10.2 Å². The average molecular weight is 387 g/mol. The Morgan fingerprint density at radius 1 is 1.20 bits per heavy atom. The van der Waals surface area contributed by atoms with Crippen molar-refractivity contribution in [3.05, 3.63) is 51.9 Å². The highest BCUT2D eigenvalue weighted by Gasteiger charge is 2.13. The Kier molecular flexibility index (Phi) is 6.55. The molecule has 0 fully saturated rings. The van der Waals surface area contributed by atoms with Gasteiger partial charge in [-0.15, -0.1) is 0 Å². The van der Waals surface area contributed by atoms with Gasteiger partial charge in [0.05, 0.1) is 15.7 Å². The molecule has 1 aromatic carbocycles. The van der Waals surface area contributed by atoms with Crippen LogP contribution in [0, 0.1) is 12.7 Å². The third kappa shape index (κ3) is 5.88. The van der Waals surface area contributed by atoms with Gasteiger partial charge in [-0.3, -0.25) is 4.79 Å². The maximum atomic E-state index is 13.0. The fourth-order valence-corrected chi connectivity index (χ4v) is 2.11. The first-order valence-electron chi connectivity index (χ1n) is 7.01. The van der Waals surface area contributed by atoms with Crippen molar-refractivity contribution in [2.75, 3.05) is 18.5 Å². The normalized spacial score (nSPS) is 10.2. The van der Waals surface area contributed by atoms with Gasteiger partial charge in [0.1, 0.15) is 11.6 Å². The largest absolute Gasteiger partial charge is 0.482 e. The number of aromatic nitrogens is 1. The van der Waals surface area contributed by atoms with Crippen molar-refractivity contribution < 1.29 is 23.5 Å². The van der Waals surface area contributed by atoms with Crippen molar-refractivity contribution in [1.82, 2.24) is 4.98 Å². The number of carbonyl (C=O) groups is 2. The number of rotatable bonds is 6. The van der Waals surface area contributed by atoms with Crippen LogP contribution in [0.25, 0.3) is 0 Å². The van der Waals surface area contributed by atoms with E-state index in [-0.39, 0.29) is 16.6 Å². The van der Waals surface area contributed by atoms with E-state index in [9.17, 15) is 14.0 Å². The number of halogens is 3. The summed E-state index contributed by atoms with van der Waals surface area (Å²) in [6, 6.07) is 6.73. The molecule has 0 atom stereocenters. The molecule has 9 heteroatoms. The first kappa shape index (κ1) is 19.0. The fraction of sp³-hybridized carbons (Fsp3) is 0.188. The summed E-state index contributed by atoms with van der Waals surface area (Å²) in [5.41, 5.74) is 0.488. The molecule has 1 amide bonds. The third-order valence-corrected chi connectivity index (χ3v) is 3.55. The molecule has 25 heavy (non-hydrogen) atoms. The number of anilines is 1. The van der Waals surface area contributed by atoms with Gasteiger partial charge in [-0.1, -0.05) is 29.3 Å². The molecule has 0 aliphatic carbocycles. The van der Waals surface area contributed by atoms with Crippen LogP contribution in [-0.2, 0) is 14.3 Å². The van der Waals surface area contributed by atoms with Gasteiger partial charge in [0.15, 0.2) is 19.0 Å². The van der Waals surface area contributed by atoms with E-state index in [1.807, 2.05) is 0 Å². The SMILES string of the molecule is Cc1nc(NC(=O)COC(=O)COc2cccc(F)c2)c(Cl)cc1Cl. The van der Waals surface area contributed by atoms with E-state index in [1.165, 1.54) is 24.3 Å². The van der Waals surface area contributed by atoms with Crippen LogP contribution in [0.1, 0.15) is 5.69 Å². The molecule has 0 saturated carbocycles. The quantitative estimate of drug-likeness (QED) is 0.769. The van der Waals surface area contributed by atoms with Gasteiger partial charge < -0.3 is 14.8 Å². The Hall–Kier alpha value is -2.38. The molecule has 1 aromatic heterocycles. The second kappa shape index (κ2) is 8.64. The van der Waals surface area contributed by atoms with Gasteiger partial charge in [-0.25, -0.2) is 14.2 Å². The zero-order valence-electron chi connectivity index (χ0n) is 13.0. The van der Waals surface area contributed by atoms with Crippen molar-refractivity contribution in [1.29, 1.82) is 0 Å². The summed E-state index contributed by atoms with van der Waals surface area (Å²) in [6.45, 7) is 0.638. The van der Waals surface area contributed by atoms with Crippen LogP contribution < -0.4 is 10.1 Å². The lowest BCUT2D eigenvalue weighted by Gasteiger charge is -2.09. The molecule has 0 bridgehead atoms. The number of hydrogen-bond donors (Lipinski definition) is 1. The summed E-state index contributed by atoms with van der Waals surface area (Å²) in [5.74, 6) is -1.62. The molecule has 1 heterocycles. The van der Waals surface area contributed by atoms with Crippen molar-refractivity contribution in [2.45, 2.75) is 6.92 Å². The van der Waals surface area contributed by atoms with Gasteiger partial charge in [0, 0.05) is 6.07 Å². The van der Waals surface area contributed by atoms with Crippen molar-refractivity contribution >= 4 is 40.9 Å². The van der Waals surface area contributed by atoms with E-state index in [0.29, 0.717) is 10.7 Å². The molecule has 0 saturated heterocycles. The summed E-state index contributed by atoms with van der Waals surface area (Å²) in [5, 5.41) is 2.93. The number of pyridine rings is 1. The number of nitrogens with one attached hydrogen (secondary N) is 1. The second-order valence-electron chi connectivity index (χ2n) is 4.84. The molecule has 6 nitrogen and oxygen atoms in total. The van der Waals surface area contributed by atoms with E-state index >= 15 is 0 Å². The summed E-state index contributed by atoms with van der Waals surface area (Å²) in [4.78, 5) is 27.3. The Morgan fingerprint density at radius 3 is 2.68 bits per heavy atom. The van der Waals surface area contributed by atoms with Crippen molar-refractivity contribution in [2.24, 2.45) is 0 Å². The van der Waals surface area contributed by atoms with Gasteiger partial charge in [-0.2, -0.15) is 0 Å². The molecule has 0 unspecified atom stereocenters. The summed E-state index contributed by atoms with van der Waals surface area (Å²) in [7, 11) is 0. The predicted molar refractivity (Wildman–Crippen MR) is 90.5 cm³/mol. The summed E-state index contributed by atoms with van der Waals surface area (Å²) in [6.07, 6.45) is 0. The second-order valence-corrected chi connectivity index (χ2v) is 5.66. The van der Waals surface area contributed by atoms with Gasteiger partial charge in [0.2, 0.25) is 0 Å². The zero-order chi connectivity index (χ0) is 18.4. The Morgan fingerprint density at radius 2 is 1.96 bits per heavy atom. The van der Waals surface area contributed by atoms with E-state index in [0.717, 1.165) is 6.07 Å². The molecular formula is C16H13Cl2FN2O4. The van der Waals surface area contributed by atoms with Crippen molar-refractivity contribution in [3.8, 4) is 5.75 Å². The molecule has 0 radical (unpaired) electrons. The lowest BCUT2D eigenvalue weighted by molar-refractivity contribution is -0.149. The topological polar surface area (TPSA) is 77.5 Å². The highest BCUT2D eigenvalue weighted by molar-refractivity contribution is 6.36. The maximum Gasteiger partial charge on any atom is 0.344 e. The van der Waals surface area contributed by atoms with Gasteiger partial charge in [0.25, 0.3) is 5.91 Å². The number of esters is 1. The smallest absolute Gasteiger partial charge is 0.344 e. The summed E-state index contributed by atoms with van der Waals surface area (Å²) >= 11 is 11.8. The molecular weight excluding hydrogens is 374 g/mol. The van der Waals surface area contributed by atoms with Crippen molar-refractivity contribution in [3.63, 3.8) is 0 Å². The third-order valence-electron chi connectivity index (χ3n) is 2.88. The predicted octanol–water partition coefficient (Wildman–Crippen LogP) is 3.40. The highest BCUT2D eigenvalue weighted by atomic mass is 35.5.